The molecule has 0 aromatic rings. The Kier molecular flexibility index (Phi) is 44.2. The smallest absolute Gasteiger partial charge is 0.335 e. The average Bonchev–Trinajstić information content (AvgIpc) is 3.39. The highest BCUT2D eigenvalue weighted by atomic mass is 16.7. The van der Waals surface area contributed by atoms with E-state index in [0.29, 0.717) is 32.1 Å². The van der Waals surface area contributed by atoms with E-state index in [-0.39, 0.29) is 25.9 Å². The molecule has 75 heavy (non-hydrogen) atoms. The number of aliphatic carboxylic acids is 1. The van der Waals surface area contributed by atoms with E-state index >= 15 is 0 Å². The summed E-state index contributed by atoms with van der Waals surface area (Å²) >= 11 is 0. The Morgan fingerprint density at radius 1 is 0.440 bits per heavy atom. The first-order valence-corrected chi connectivity index (χ1v) is 27.5. The highest BCUT2D eigenvalue weighted by Gasteiger charge is 2.50. The summed E-state index contributed by atoms with van der Waals surface area (Å²) in [5, 5.41) is 31.4. The molecule has 3 N–H and O–H groups in total. The van der Waals surface area contributed by atoms with Gasteiger partial charge >= 0.3 is 23.9 Å². The van der Waals surface area contributed by atoms with Gasteiger partial charge in [0, 0.05) is 19.3 Å². The number of ether oxygens (including phenoxy) is 5. The molecule has 0 bridgehead atoms. The molecule has 0 aromatic carbocycles. The van der Waals surface area contributed by atoms with Gasteiger partial charge in [-0.1, -0.05) is 185 Å². The van der Waals surface area contributed by atoms with Gasteiger partial charge in [0.2, 0.25) is 0 Å². The number of allylic oxidation sites excluding steroid dienone is 26. The molecule has 12 nitrogen and oxygen atoms in total. The number of rotatable bonds is 43. The minimum Gasteiger partial charge on any atom is -0.479 e. The second-order valence-electron chi connectivity index (χ2n) is 17.7. The van der Waals surface area contributed by atoms with Crippen LogP contribution in [-0.2, 0) is 42.9 Å². The van der Waals surface area contributed by atoms with E-state index < -0.39 is 67.3 Å². The van der Waals surface area contributed by atoms with Crippen LogP contribution >= 0.6 is 0 Å². The third-order valence-electron chi connectivity index (χ3n) is 11.1. The molecular formula is C63H92O12. The number of hydrogen-bond acceptors (Lipinski definition) is 11. The molecule has 1 aliphatic heterocycles. The number of carboxylic acid groups (broad SMARTS) is 1. The topological polar surface area (TPSA) is 175 Å². The van der Waals surface area contributed by atoms with Crippen molar-refractivity contribution in [3.63, 3.8) is 0 Å². The monoisotopic (exact) mass is 1040 g/mol. The van der Waals surface area contributed by atoms with Gasteiger partial charge in [-0.25, -0.2) is 4.79 Å². The Hall–Kier alpha value is -5.66. The maximum Gasteiger partial charge on any atom is 0.335 e. The van der Waals surface area contributed by atoms with Gasteiger partial charge in [0.05, 0.1) is 6.61 Å². The second kappa shape index (κ2) is 49.2. The normalized spacial score (nSPS) is 19.4. The van der Waals surface area contributed by atoms with Gasteiger partial charge < -0.3 is 39.0 Å². The molecule has 12 heteroatoms. The van der Waals surface area contributed by atoms with Crippen LogP contribution in [0.1, 0.15) is 162 Å². The van der Waals surface area contributed by atoms with Gasteiger partial charge in [-0.15, -0.1) is 0 Å². The molecule has 6 unspecified atom stereocenters. The first kappa shape index (κ1) is 67.4. The quantitative estimate of drug-likeness (QED) is 0.0228. The molecule has 1 rings (SSSR count). The van der Waals surface area contributed by atoms with Crippen molar-refractivity contribution in [3.05, 3.63) is 158 Å². The number of aliphatic hydroxyl groups excluding tert-OH is 2. The zero-order valence-corrected chi connectivity index (χ0v) is 45.5. The number of carboxylic acids is 1. The predicted octanol–water partition coefficient (Wildman–Crippen LogP) is 13.8. The van der Waals surface area contributed by atoms with Crippen molar-refractivity contribution in [1.29, 1.82) is 0 Å². The number of esters is 3. The summed E-state index contributed by atoms with van der Waals surface area (Å²) in [6.07, 6.45) is 59.7. The van der Waals surface area contributed by atoms with Crippen LogP contribution in [0.2, 0.25) is 0 Å². The molecule has 1 heterocycles. The number of hydrogen-bond donors (Lipinski definition) is 3. The SMILES string of the molecule is CC/C=C\C/C=C\C/C=C\C/C=C\C/C=C\C/C=C\CCC(=O)OCC(COC1OC(C(=O)O)C(O)C(O)C1OC(=O)CC/C=C\C/C=C\C/C=C\C/C=C\CC)OC(=O)CCCCC/C=C\C/C=C\C/C=C\CC. The van der Waals surface area contributed by atoms with Crippen LogP contribution in [0.3, 0.4) is 0 Å². The van der Waals surface area contributed by atoms with E-state index in [1.54, 1.807) is 0 Å². The summed E-state index contributed by atoms with van der Waals surface area (Å²) in [5.74, 6) is -3.42. The highest BCUT2D eigenvalue weighted by molar-refractivity contribution is 5.74. The summed E-state index contributed by atoms with van der Waals surface area (Å²) in [5.41, 5.74) is 0. The Morgan fingerprint density at radius 2 is 0.827 bits per heavy atom. The predicted molar refractivity (Wildman–Crippen MR) is 302 cm³/mol. The lowest BCUT2D eigenvalue weighted by molar-refractivity contribution is -0.301. The summed E-state index contributed by atoms with van der Waals surface area (Å²) in [4.78, 5) is 50.9. The van der Waals surface area contributed by atoms with Crippen LogP contribution < -0.4 is 0 Å². The van der Waals surface area contributed by atoms with Crippen LogP contribution in [0.15, 0.2) is 158 Å². The van der Waals surface area contributed by atoms with Crippen molar-refractivity contribution in [3.8, 4) is 0 Å². The Morgan fingerprint density at radius 3 is 1.24 bits per heavy atom. The summed E-state index contributed by atoms with van der Waals surface area (Å²) in [7, 11) is 0. The molecule has 416 valence electrons. The van der Waals surface area contributed by atoms with Crippen LogP contribution in [0.5, 0.6) is 0 Å². The molecule has 0 amide bonds. The first-order chi connectivity index (χ1) is 36.6. The van der Waals surface area contributed by atoms with Crippen molar-refractivity contribution in [2.45, 2.75) is 199 Å². The minimum atomic E-state index is -1.95. The van der Waals surface area contributed by atoms with Crippen molar-refractivity contribution in [1.82, 2.24) is 0 Å². The Bertz CT molecular complexity index is 1910. The highest BCUT2D eigenvalue weighted by Crippen LogP contribution is 2.26. The van der Waals surface area contributed by atoms with E-state index in [0.717, 1.165) is 89.9 Å². The minimum absolute atomic E-state index is 0.0692. The molecule has 0 aromatic heterocycles. The van der Waals surface area contributed by atoms with Crippen LogP contribution in [0.25, 0.3) is 0 Å². The molecule has 0 aliphatic carbocycles. The number of aliphatic hydroxyl groups is 2. The van der Waals surface area contributed by atoms with Crippen LogP contribution in [0.4, 0.5) is 0 Å². The van der Waals surface area contributed by atoms with Gasteiger partial charge in [-0.05, 0) is 116 Å². The lowest BCUT2D eigenvalue weighted by Gasteiger charge is -2.40. The van der Waals surface area contributed by atoms with Gasteiger partial charge in [0.1, 0.15) is 18.8 Å². The van der Waals surface area contributed by atoms with E-state index in [1.165, 1.54) is 0 Å². The van der Waals surface area contributed by atoms with Crippen LogP contribution in [-0.4, -0.2) is 89.2 Å². The second-order valence-corrected chi connectivity index (χ2v) is 17.7. The van der Waals surface area contributed by atoms with Crippen molar-refractivity contribution >= 4 is 23.9 Å². The van der Waals surface area contributed by atoms with Crippen molar-refractivity contribution in [2.75, 3.05) is 13.2 Å². The summed E-state index contributed by atoms with van der Waals surface area (Å²) in [6.45, 7) is 5.47. The molecule has 0 saturated carbocycles. The Balaban J connectivity index is 2.82. The Labute approximate surface area is 450 Å². The average molecular weight is 1040 g/mol. The fourth-order valence-corrected chi connectivity index (χ4v) is 7.01. The van der Waals surface area contributed by atoms with Gasteiger partial charge in [0.15, 0.2) is 24.6 Å². The van der Waals surface area contributed by atoms with E-state index in [1.807, 2.05) is 30.4 Å². The van der Waals surface area contributed by atoms with E-state index in [2.05, 4.69) is 148 Å². The summed E-state index contributed by atoms with van der Waals surface area (Å²) in [6, 6.07) is 0. The molecule has 0 spiro atoms. The van der Waals surface area contributed by atoms with Gasteiger partial charge in [-0.3, -0.25) is 14.4 Å². The van der Waals surface area contributed by atoms with Gasteiger partial charge in [-0.2, -0.15) is 0 Å². The fraction of sp³-hybridized carbons (Fsp3) is 0.524. The zero-order chi connectivity index (χ0) is 54.7. The van der Waals surface area contributed by atoms with Gasteiger partial charge in [0.25, 0.3) is 0 Å². The maximum atomic E-state index is 13.1. The molecule has 1 aliphatic rings. The number of carbonyl (C=O) groups excluding carboxylic acids is 3. The lowest BCUT2D eigenvalue weighted by Crippen LogP contribution is -2.61. The maximum absolute atomic E-state index is 13.1. The lowest BCUT2D eigenvalue weighted by atomic mass is 9.98. The first-order valence-electron chi connectivity index (χ1n) is 27.5. The third kappa shape index (κ3) is 39.4. The molecule has 1 fully saturated rings. The number of carbonyl (C=O) groups is 4. The van der Waals surface area contributed by atoms with Crippen molar-refractivity contribution < 1.29 is 58.2 Å². The molecule has 0 radical (unpaired) electrons. The fourth-order valence-electron chi connectivity index (χ4n) is 7.01. The molecule has 1 saturated heterocycles. The van der Waals surface area contributed by atoms with E-state index in [9.17, 15) is 34.5 Å². The standard InChI is InChI=1S/C63H92O12/c1-4-7-10-13-16-19-22-25-26-27-28-29-30-33-34-37-40-43-46-49-55(64)71-52-54(73-56(65)50-47-44-41-38-35-31-23-20-17-14-11-8-5-2)53-72-63-61(59(68)58(67)60(75-63)62(69)70)74-57(66)51-48-45-42-39-36-32-24-21-18-15-12-9-6-3/h7-12,16-21,25-26,28-29,31-36,40,42-43,45,54,58-61,63,67-68H,4-6,13-15,22-24,27,30,37-39,41,44,46-53H2,1-3H3,(H,69,70)/b10-7-,11-8-,12-9-,19-16-,20-17-,21-18-,26-25-,29-28-,34-33-,35-31-,36-32-,43-40-,45-42-. The molecular weight excluding hydrogens is 949 g/mol. The van der Waals surface area contributed by atoms with E-state index in [4.69, 9.17) is 23.7 Å². The number of unbranched alkanes of at least 4 members (excludes halogenated alkanes) is 3. The van der Waals surface area contributed by atoms with Crippen molar-refractivity contribution in [2.24, 2.45) is 0 Å². The van der Waals surface area contributed by atoms with Crippen LogP contribution in [0, 0.1) is 0 Å². The molecule has 6 atom stereocenters. The largest absolute Gasteiger partial charge is 0.479 e. The third-order valence-corrected chi connectivity index (χ3v) is 11.1. The summed E-state index contributed by atoms with van der Waals surface area (Å²) < 4.78 is 28.1. The zero-order valence-electron chi connectivity index (χ0n) is 45.5.